The standard InChI is InChI=1S/C25H26N2O4S/c1-3-27(23-11-7-8-19(2)16-23)25(29)21-14-12-20(13-15-21)17-32(30,31)18-24(28)26-22-9-5-4-6-10-22/h4-16H,3,17-18H2,1-2H3,(H,26,28). The fraction of sp³-hybridized carbons (Fsp3) is 0.200. The van der Waals surface area contributed by atoms with Crippen LogP contribution in [0, 0.1) is 6.92 Å². The molecule has 0 saturated heterocycles. The Morgan fingerprint density at radius 2 is 1.59 bits per heavy atom. The van der Waals surface area contributed by atoms with E-state index in [0.29, 0.717) is 23.4 Å². The number of anilines is 2. The fourth-order valence-corrected chi connectivity index (χ4v) is 4.64. The molecule has 0 bridgehead atoms. The summed E-state index contributed by atoms with van der Waals surface area (Å²) in [6.07, 6.45) is 0. The Kier molecular flexibility index (Phi) is 7.43. The van der Waals surface area contributed by atoms with Gasteiger partial charge >= 0.3 is 0 Å². The molecule has 3 rings (SSSR count). The highest BCUT2D eigenvalue weighted by atomic mass is 32.2. The first kappa shape index (κ1) is 23.2. The van der Waals surface area contributed by atoms with E-state index in [4.69, 9.17) is 0 Å². The van der Waals surface area contributed by atoms with Crippen molar-refractivity contribution in [2.45, 2.75) is 19.6 Å². The first-order valence-electron chi connectivity index (χ1n) is 10.3. The number of hydrogen-bond acceptors (Lipinski definition) is 4. The number of nitrogens with zero attached hydrogens (tertiary/aromatic N) is 1. The number of carbonyl (C=O) groups is 2. The van der Waals surface area contributed by atoms with Gasteiger partial charge in [0.1, 0.15) is 5.75 Å². The molecule has 0 unspecified atom stereocenters. The second-order valence-electron chi connectivity index (χ2n) is 7.53. The first-order chi connectivity index (χ1) is 15.3. The lowest BCUT2D eigenvalue weighted by Gasteiger charge is -2.21. The molecule has 0 saturated carbocycles. The van der Waals surface area contributed by atoms with Crippen LogP contribution in [0.1, 0.15) is 28.4 Å². The molecular formula is C25H26N2O4S. The summed E-state index contributed by atoms with van der Waals surface area (Å²) >= 11 is 0. The maximum atomic E-state index is 13.0. The van der Waals surface area contributed by atoms with Gasteiger partial charge in [-0.1, -0.05) is 42.5 Å². The highest BCUT2D eigenvalue weighted by Gasteiger charge is 2.19. The van der Waals surface area contributed by atoms with Crippen LogP contribution in [-0.4, -0.2) is 32.5 Å². The number of amides is 2. The third-order valence-electron chi connectivity index (χ3n) is 4.87. The van der Waals surface area contributed by atoms with E-state index in [1.54, 1.807) is 59.5 Å². The van der Waals surface area contributed by atoms with Gasteiger partial charge in [0.2, 0.25) is 5.91 Å². The van der Waals surface area contributed by atoms with Gasteiger partial charge in [-0.15, -0.1) is 0 Å². The summed E-state index contributed by atoms with van der Waals surface area (Å²) in [6, 6.07) is 22.9. The van der Waals surface area contributed by atoms with Gasteiger partial charge in [0.05, 0.1) is 5.75 Å². The zero-order valence-electron chi connectivity index (χ0n) is 18.1. The second-order valence-corrected chi connectivity index (χ2v) is 9.60. The average Bonchev–Trinajstić information content (AvgIpc) is 2.74. The summed E-state index contributed by atoms with van der Waals surface area (Å²) in [7, 11) is -3.66. The van der Waals surface area contributed by atoms with Gasteiger partial charge in [0.15, 0.2) is 9.84 Å². The van der Waals surface area contributed by atoms with Gasteiger partial charge in [0.25, 0.3) is 5.91 Å². The average molecular weight is 451 g/mol. The topological polar surface area (TPSA) is 83.6 Å². The summed E-state index contributed by atoms with van der Waals surface area (Å²) in [5.41, 5.74) is 3.41. The van der Waals surface area contributed by atoms with Crippen LogP contribution in [0.4, 0.5) is 11.4 Å². The molecule has 0 spiro atoms. The van der Waals surface area contributed by atoms with E-state index in [-0.39, 0.29) is 11.7 Å². The molecule has 0 heterocycles. The number of nitrogens with one attached hydrogen (secondary N) is 1. The Morgan fingerprint density at radius 1 is 0.906 bits per heavy atom. The third-order valence-corrected chi connectivity index (χ3v) is 6.35. The zero-order chi connectivity index (χ0) is 23.1. The smallest absolute Gasteiger partial charge is 0.258 e. The van der Waals surface area contributed by atoms with Crippen molar-refractivity contribution in [1.29, 1.82) is 0 Å². The maximum Gasteiger partial charge on any atom is 0.258 e. The first-order valence-corrected chi connectivity index (χ1v) is 12.1. The van der Waals surface area contributed by atoms with Crippen molar-refractivity contribution in [3.63, 3.8) is 0 Å². The van der Waals surface area contributed by atoms with Gasteiger partial charge in [-0.3, -0.25) is 9.59 Å². The molecule has 1 N–H and O–H groups in total. The minimum Gasteiger partial charge on any atom is -0.325 e. The Balaban J connectivity index is 1.65. The predicted octanol–water partition coefficient (Wildman–Crippen LogP) is 4.22. The monoisotopic (exact) mass is 450 g/mol. The van der Waals surface area contributed by atoms with E-state index in [1.807, 2.05) is 38.1 Å². The number of hydrogen-bond donors (Lipinski definition) is 1. The normalized spacial score (nSPS) is 11.1. The minimum absolute atomic E-state index is 0.158. The quantitative estimate of drug-likeness (QED) is 0.557. The van der Waals surface area contributed by atoms with Gasteiger partial charge in [-0.05, 0) is 61.4 Å². The molecule has 0 atom stereocenters. The summed E-state index contributed by atoms with van der Waals surface area (Å²) in [4.78, 5) is 26.7. The number of sulfone groups is 1. The molecule has 7 heteroatoms. The van der Waals surface area contributed by atoms with Crippen LogP contribution in [0.3, 0.4) is 0 Å². The Bertz CT molecular complexity index is 1190. The number of carbonyl (C=O) groups excluding carboxylic acids is 2. The van der Waals surface area contributed by atoms with Crippen molar-refractivity contribution in [2.24, 2.45) is 0 Å². The van der Waals surface area contributed by atoms with Crippen LogP contribution in [0.5, 0.6) is 0 Å². The van der Waals surface area contributed by atoms with Crippen molar-refractivity contribution < 1.29 is 18.0 Å². The number of para-hydroxylation sites is 1. The molecule has 0 aromatic heterocycles. The SMILES string of the molecule is CCN(C(=O)c1ccc(CS(=O)(=O)CC(=O)Nc2ccccc2)cc1)c1cccc(C)c1. The molecule has 0 aliphatic rings. The van der Waals surface area contributed by atoms with Crippen LogP contribution < -0.4 is 10.2 Å². The molecule has 3 aromatic carbocycles. The summed E-state index contributed by atoms with van der Waals surface area (Å²) in [5.74, 6) is -1.63. The summed E-state index contributed by atoms with van der Waals surface area (Å²) < 4.78 is 24.9. The highest BCUT2D eigenvalue weighted by molar-refractivity contribution is 7.91. The molecule has 0 fully saturated rings. The number of rotatable bonds is 8. The van der Waals surface area contributed by atoms with E-state index in [2.05, 4.69) is 5.32 Å². The molecule has 6 nitrogen and oxygen atoms in total. The van der Waals surface area contributed by atoms with Crippen molar-refractivity contribution >= 4 is 33.0 Å². The molecule has 166 valence electrons. The lowest BCUT2D eigenvalue weighted by atomic mass is 10.1. The van der Waals surface area contributed by atoms with Crippen LogP contribution in [0.2, 0.25) is 0 Å². The Labute approximate surface area is 188 Å². The largest absolute Gasteiger partial charge is 0.325 e. The highest BCUT2D eigenvalue weighted by Crippen LogP contribution is 2.19. The molecule has 3 aromatic rings. The molecule has 32 heavy (non-hydrogen) atoms. The lowest BCUT2D eigenvalue weighted by Crippen LogP contribution is -2.30. The van der Waals surface area contributed by atoms with E-state index in [0.717, 1.165) is 11.3 Å². The third kappa shape index (κ3) is 6.28. The molecule has 0 aliphatic heterocycles. The van der Waals surface area contributed by atoms with E-state index < -0.39 is 21.5 Å². The van der Waals surface area contributed by atoms with Crippen LogP contribution in [-0.2, 0) is 20.4 Å². The van der Waals surface area contributed by atoms with Gasteiger partial charge < -0.3 is 10.2 Å². The van der Waals surface area contributed by atoms with Crippen LogP contribution in [0.25, 0.3) is 0 Å². The van der Waals surface area contributed by atoms with E-state index in [1.165, 1.54) is 0 Å². The Morgan fingerprint density at radius 3 is 2.22 bits per heavy atom. The molecule has 0 radical (unpaired) electrons. The van der Waals surface area contributed by atoms with Crippen LogP contribution in [0.15, 0.2) is 78.9 Å². The van der Waals surface area contributed by atoms with Crippen molar-refractivity contribution in [1.82, 2.24) is 0 Å². The minimum atomic E-state index is -3.66. The number of aryl methyl sites for hydroxylation is 1. The van der Waals surface area contributed by atoms with Crippen molar-refractivity contribution in [2.75, 3.05) is 22.5 Å². The van der Waals surface area contributed by atoms with Crippen molar-refractivity contribution in [3.8, 4) is 0 Å². The number of benzene rings is 3. The van der Waals surface area contributed by atoms with E-state index in [9.17, 15) is 18.0 Å². The maximum absolute atomic E-state index is 13.0. The molecule has 0 aliphatic carbocycles. The zero-order valence-corrected chi connectivity index (χ0v) is 18.9. The summed E-state index contributed by atoms with van der Waals surface area (Å²) in [5, 5.41) is 2.58. The predicted molar refractivity (Wildman–Crippen MR) is 128 cm³/mol. The van der Waals surface area contributed by atoms with Crippen molar-refractivity contribution in [3.05, 3.63) is 95.6 Å². The van der Waals surface area contributed by atoms with Gasteiger partial charge in [-0.2, -0.15) is 0 Å². The van der Waals surface area contributed by atoms with Gasteiger partial charge in [-0.25, -0.2) is 8.42 Å². The van der Waals surface area contributed by atoms with Crippen LogP contribution >= 0.6 is 0 Å². The van der Waals surface area contributed by atoms with Gasteiger partial charge in [0, 0.05) is 23.5 Å². The fourth-order valence-electron chi connectivity index (χ4n) is 3.36. The summed E-state index contributed by atoms with van der Waals surface area (Å²) in [6.45, 7) is 4.38. The second kappa shape index (κ2) is 10.2. The van der Waals surface area contributed by atoms with E-state index >= 15 is 0 Å². The molecule has 2 amide bonds. The molecular weight excluding hydrogens is 424 g/mol. The Hall–Kier alpha value is -3.45. The lowest BCUT2D eigenvalue weighted by molar-refractivity contribution is -0.113.